The number of unbranched alkanes of at least 4 members (excludes halogenated alkanes) is 3. The van der Waals surface area contributed by atoms with Crippen LogP contribution in [0.1, 0.15) is 50.8 Å². The number of hydrogen-bond acceptors (Lipinski definition) is 7. The Morgan fingerprint density at radius 1 is 1.15 bits per heavy atom. The number of benzene rings is 1. The molecule has 27 heavy (non-hydrogen) atoms. The summed E-state index contributed by atoms with van der Waals surface area (Å²) in [7, 11) is 0. The first kappa shape index (κ1) is 21.0. The molecule has 1 heterocycles. The lowest BCUT2D eigenvalue weighted by Gasteiger charge is -2.21. The van der Waals surface area contributed by atoms with Gasteiger partial charge in [0.05, 0.1) is 11.9 Å². The molecule has 0 saturated heterocycles. The number of carbonyl (C=O) groups is 1. The zero-order valence-corrected chi connectivity index (χ0v) is 15.4. The highest BCUT2D eigenvalue weighted by Gasteiger charge is 2.29. The Morgan fingerprint density at radius 2 is 1.89 bits per heavy atom. The Morgan fingerprint density at radius 3 is 2.59 bits per heavy atom. The fraction of sp³-hybridized carbons (Fsp3) is 0.526. The van der Waals surface area contributed by atoms with E-state index < -0.39 is 30.9 Å². The summed E-state index contributed by atoms with van der Waals surface area (Å²) in [6.07, 6.45) is 0.964. The van der Waals surface area contributed by atoms with Gasteiger partial charge in [-0.15, -0.1) is 0 Å². The smallest absolute Gasteiger partial charge is 0.305 e. The highest BCUT2D eigenvalue weighted by atomic mass is 16.5. The predicted molar refractivity (Wildman–Crippen MR) is 98.1 cm³/mol. The molecule has 3 atom stereocenters. The van der Waals surface area contributed by atoms with E-state index in [4.69, 9.17) is 4.74 Å². The minimum absolute atomic E-state index is 0.108. The number of para-hydroxylation sites is 1. The Bertz CT molecular complexity index is 692. The van der Waals surface area contributed by atoms with Crippen molar-refractivity contribution in [3.63, 3.8) is 0 Å². The van der Waals surface area contributed by atoms with Crippen molar-refractivity contribution in [1.82, 2.24) is 15.0 Å². The third-order valence-electron chi connectivity index (χ3n) is 4.17. The van der Waals surface area contributed by atoms with E-state index in [1.807, 2.05) is 18.2 Å². The molecule has 0 bridgehead atoms. The first-order valence-corrected chi connectivity index (χ1v) is 9.20. The minimum atomic E-state index is -1.56. The molecular weight excluding hydrogens is 350 g/mol. The van der Waals surface area contributed by atoms with Gasteiger partial charge in [0.2, 0.25) is 0 Å². The summed E-state index contributed by atoms with van der Waals surface area (Å²) in [6, 6.07) is 9.09. The monoisotopic (exact) mass is 377 g/mol. The average Bonchev–Trinajstić information content (AvgIpc) is 3.19. The molecule has 2 aromatic rings. The average molecular weight is 377 g/mol. The Kier molecular flexibility index (Phi) is 8.38. The zero-order chi connectivity index (χ0) is 19.6. The molecule has 8 nitrogen and oxygen atoms in total. The van der Waals surface area contributed by atoms with Gasteiger partial charge in [0, 0.05) is 6.42 Å². The predicted octanol–water partition coefficient (Wildman–Crippen LogP) is 1.54. The molecule has 0 unspecified atom stereocenters. The molecular formula is C19H27N3O5. The Balaban J connectivity index is 1.83. The molecule has 0 spiro atoms. The van der Waals surface area contributed by atoms with Crippen molar-refractivity contribution < 1.29 is 24.9 Å². The number of carbonyl (C=O) groups excluding carboxylic acids is 1. The topological polar surface area (TPSA) is 118 Å². The first-order chi connectivity index (χ1) is 13.0. The molecule has 148 valence electrons. The Labute approximate surface area is 158 Å². The molecule has 2 rings (SSSR count). The SMILES string of the molecule is CCCCCCC(=O)OC[C@@H](O)[C@@H](O)[C@H](O)c1cnn(-c2ccccc2)n1. The number of ether oxygens (including phenoxy) is 1. The van der Waals surface area contributed by atoms with Crippen molar-refractivity contribution in [3.05, 3.63) is 42.2 Å². The van der Waals surface area contributed by atoms with Gasteiger partial charge in [0.25, 0.3) is 0 Å². The lowest BCUT2D eigenvalue weighted by atomic mass is 10.1. The van der Waals surface area contributed by atoms with Crippen LogP contribution >= 0.6 is 0 Å². The molecule has 0 fully saturated rings. The molecule has 0 saturated carbocycles. The van der Waals surface area contributed by atoms with E-state index in [1.54, 1.807) is 12.1 Å². The summed E-state index contributed by atoms with van der Waals surface area (Å²) in [5.41, 5.74) is 0.805. The number of esters is 1. The van der Waals surface area contributed by atoms with Crippen molar-refractivity contribution in [3.8, 4) is 5.69 Å². The Hall–Kier alpha value is -2.29. The van der Waals surface area contributed by atoms with E-state index in [1.165, 1.54) is 11.0 Å². The summed E-state index contributed by atoms with van der Waals surface area (Å²) in [5.74, 6) is -0.429. The third-order valence-corrected chi connectivity index (χ3v) is 4.17. The molecule has 0 aliphatic carbocycles. The zero-order valence-electron chi connectivity index (χ0n) is 15.4. The van der Waals surface area contributed by atoms with Crippen molar-refractivity contribution in [2.75, 3.05) is 6.61 Å². The summed E-state index contributed by atoms with van der Waals surface area (Å²) in [4.78, 5) is 12.9. The lowest BCUT2D eigenvalue weighted by Crippen LogP contribution is -2.36. The van der Waals surface area contributed by atoms with Gasteiger partial charge < -0.3 is 20.1 Å². The van der Waals surface area contributed by atoms with E-state index in [0.717, 1.165) is 25.7 Å². The third kappa shape index (κ3) is 6.42. The molecule has 0 radical (unpaired) electrons. The molecule has 1 aromatic carbocycles. The fourth-order valence-corrected chi connectivity index (χ4v) is 2.53. The van der Waals surface area contributed by atoms with E-state index in [0.29, 0.717) is 5.69 Å². The van der Waals surface area contributed by atoms with E-state index in [2.05, 4.69) is 17.1 Å². The fourth-order valence-electron chi connectivity index (χ4n) is 2.53. The van der Waals surface area contributed by atoms with Crippen LogP contribution in [0.2, 0.25) is 0 Å². The highest BCUT2D eigenvalue weighted by Crippen LogP contribution is 2.18. The van der Waals surface area contributed by atoms with Gasteiger partial charge >= 0.3 is 5.97 Å². The van der Waals surface area contributed by atoms with Crippen LogP contribution < -0.4 is 0 Å². The largest absolute Gasteiger partial charge is 0.463 e. The van der Waals surface area contributed by atoms with Crippen molar-refractivity contribution in [1.29, 1.82) is 0 Å². The quantitative estimate of drug-likeness (QED) is 0.401. The van der Waals surface area contributed by atoms with E-state index >= 15 is 0 Å². The second-order valence-electron chi connectivity index (χ2n) is 6.39. The second kappa shape index (κ2) is 10.8. The summed E-state index contributed by atoms with van der Waals surface area (Å²) in [5, 5.41) is 38.5. The number of nitrogens with zero attached hydrogens (tertiary/aromatic N) is 3. The van der Waals surface area contributed by atoms with Crippen LogP contribution in [-0.2, 0) is 9.53 Å². The molecule has 1 aromatic heterocycles. The maximum atomic E-state index is 11.6. The van der Waals surface area contributed by atoms with Crippen LogP contribution in [0.3, 0.4) is 0 Å². The van der Waals surface area contributed by atoms with Crippen LogP contribution in [-0.4, -0.2) is 55.1 Å². The summed E-state index contributed by atoms with van der Waals surface area (Å²) in [6.45, 7) is 1.69. The standard InChI is InChI=1S/C19H27N3O5/c1-2-3-4-8-11-17(24)27-13-16(23)19(26)18(25)15-12-20-22(21-15)14-9-6-5-7-10-14/h5-7,9-10,12,16,18-19,23,25-26H,2-4,8,11,13H2,1H3/t16-,18-,19-/m1/s1. The number of aromatic nitrogens is 3. The lowest BCUT2D eigenvalue weighted by molar-refractivity contribution is -0.152. The first-order valence-electron chi connectivity index (χ1n) is 9.20. The van der Waals surface area contributed by atoms with Gasteiger partial charge in [-0.1, -0.05) is 44.4 Å². The summed E-state index contributed by atoms with van der Waals surface area (Å²) >= 11 is 0. The van der Waals surface area contributed by atoms with Gasteiger partial charge in [-0.05, 0) is 18.6 Å². The van der Waals surface area contributed by atoms with Crippen molar-refractivity contribution >= 4 is 5.97 Å². The number of aliphatic hydroxyl groups excluding tert-OH is 3. The molecule has 0 aliphatic rings. The summed E-state index contributed by atoms with van der Waals surface area (Å²) < 4.78 is 4.96. The molecule has 8 heteroatoms. The van der Waals surface area contributed by atoms with E-state index in [9.17, 15) is 20.1 Å². The molecule has 0 amide bonds. The van der Waals surface area contributed by atoms with Gasteiger partial charge in [-0.2, -0.15) is 15.0 Å². The van der Waals surface area contributed by atoms with Gasteiger partial charge in [-0.3, -0.25) is 4.79 Å². The van der Waals surface area contributed by atoms with Crippen molar-refractivity contribution in [2.45, 2.75) is 57.3 Å². The molecule has 0 aliphatic heterocycles. The van der Waals surface area contributed by atoms with Crippen LogP contribution in [0.15, 0.2) is 36.5 Å². The minimum Gasteiger partial charge on any atom is -0.463 e. The van der Waals surface area contributed by atoms with Gasteiger partial charge in [-0.25, -0.2) is 0 Å². The maximum Gasteiger partial charge on any atom is 0.305 e. The second-order valence-corrected chi connectivity index (χ2v) is 6.39. The van der Waals surface area contributed by atoms with Gasteiger partial charge in [0.15, 0.2) is 0 Å². The van der Waals surface area contributed by atoms with Crippen LogP contribution in [0.25, 0.3) is 5.69 Å². The number of hydrogen-bond donors (Lipinski definition) is 3. The molecule has 3 N–H and O–H groups in total. The number of aliphatic hydroxyl groups is 3. The van der Waals surface area contributed by atoms with Gasteiger partial charge in [0.1, 0.15) is 30.6 Å². The van der Waals surface area contributed by atoms with Crippen LogP contribution in [0, 0.1) is 0 Å². The normalized spacial score (nSPS) is 14.5. The van der Waals surface area contributed by atoms with Crippen LogP contribution in [0.4, 0.5) is 0 Å². The van der Waals surface area contributed by atoms with Crippen molar-refractivity contribution in [2.24, 2.45) is 0 Å². The van der Waals surface area contributed by atoms with Crippen LogP contribution in [0.5, 0.6) is 0 Å². The van der Waals surface area contributed by atoms with E-state index in [-0.39, 0.29) is 12.1 Å². The maximum absolute atomic E-state index is 11.6. The number of rotatable bonds is 11. The highest BCUT2D eigenvalue weighted by molar-refractivity contribution is 5.69.